The molecular formula is C17H20N2O2S. The Labute approximate surface area is 134 Å². The molecule has 22 heavy (non-hydrogen) atoms. The predicted molar refractivity (Wildman–Crippen MR) is 88.1 cm³/mol. The first kappa shape index (κ1) is 15.2. The average molecular weight is 316 g/mol. The van der Waals surface area contributed by atoms with Gasteiger partial charge in [-0.1, -0.05) is 36.8 Å². The molecule has 1 aromatic heterocycles. The molecule has 1 unspecified atom stereocenters. The molecule has 4 nitrogen and oxygen atoms in total. The number of carboxylic acid groups (broad SMARTS) is 1. The van der Waals surface area contributed by atoms with Crippen LogP contribution in [0.15, 0.2) is 24.3 Å². The average Bonchev–Trinajstić information content (AvgIpc) is 2.91. The van der Waals surface area contributed by atoms with Gasteiger partial charge < -0.3 is 5.11 Å². The highest BCUT2D eigenvalue weighted by atomic mass is 32.1. The van der Waals surface area contributed by atoms with Gasteiger partial charge in [-0.15, -0.1) is 11.3 Å². The van der Waals surface area contributed by atoms with E-state index in [1.165, 1.54) is 10.4 Å². The number of nitrogens with zero attached hydrogens (tertiary/aromatic N) is 2. The van der Waals surface area contributed by atoms with Crippen molar-refractivity contribution in [1.29, 1.82) is 0 Å². The first-order chi connectivity index (χ1) is 10.6. The van der Waals surface area contributed by atoms with Crippen molar-refractivity contribution in [3.63, 3.8) is 0 Å². The van der Waals surface area contributed by atoms with Crippen molar-refractivity contribution in [2.24, 2.45) is 0 Å². The molecule has 2 heterocycles. The van der Waals surface area contributed by atoms with Crippen LogP contribution in [0.2, 0.25) is 0 Å². The molecule has 0 aliphatic carbocycles. The fourth-order valence-corrected chi connectivity index (χ4v) is 4.03. The Morgan fingerprint density at radius 2 is 2.14 bits per heavy atom. The van der Waals surface area contributed by atoms with E-state index in [1.807, 2.05) is 6.92 Å². The third-order valence-corrected chi connectivity index (χ3v) is 5.30. The van der Waals surface area contributed by atoms with E-state index in [2.05, 4.69) is 36.1 Å². The van der Waals surface area contributed by atoms with Crippen LogP contribution in [-0.4, -0.2) is 33.5 Å². The topological polar surface area (TPSA) is 53.4 Å². The number of aliphatic carboxylic acids is 1. The molecule has 1 aliphatic rings. The van der Waals surface area contributed by atoms with Gasteiger partial charge in [0.2, 0.25) is 0 Å². The van der Waals surface area contributed by atoms with Gasteiger partial charge in [0.25, 0.3) is 0 Å². The van der Waals surface area contributed by atoms with E-state index >= 15 is 0 Å². The number of fused-ring (bicyclic) bond motifs is 1. The van der Waals surface area contributed by atoms with E-state index in [9.17, 15) is 9.90 Å². The lowest BCUT2D eigenvalue weighted by Crippen LogP contribution is -2.43. The summed E-state index contributed by atoms with van der Waals surface area (Å²) in [5, 5.41) is 10.4. The lowest BCUT2D eigenvalue weighted by atomic mass is 10.1. The first-order valence-corrected chi connectivity index (χ1v) is 8.42. The monoisotopic (exact) mass is 316 g/mol. The van der Waals surface area contributed by atoms with Crippen molar-refractivity contribution < 1.29 is 9.90 Å². The van der Waals surface area contributed by atoms with Gasteiger partial charge in [-0.05, 0) is 13.3 Å². The molecular weight excluding hydrogens is 296 g/mol. The molecule has 0 fully saturated rings. The lowest BCUT2D eigenvalue weighted by Gasteiger charge is -2.30. The molecule has 0 radical (unpaired) electrons. The van der Waals surface area contributed by atoms with Crippen molar-refractivity contribution in [3.8, 4) is 10.6 Å². The number of hydrogen-bond acceptors (Lipinski definition) is 4. The molecule has 0 amide bonds. The number of benzene rings is 1. The zero-order valence-electron chi connectivity index (χ0n) is 12.9. The fourth-order valence-electron chi connectivity index (χ4n) is 2.89. The number of carbonyl (C=O) groups is 1. The van der Waals surface area contributed by atoms with Crippen molar-refractivity contribution in [1.82, 2.24) is 9.88 Å². The Kier molecular flexibility index (Phi) is 4.27. The molecule has 0 spiro atoms. The number of rotatable bonds is 4. The van der Waals surface area contributed by atoms with Crippen molar-refractivity contribution in [2.75, 3.05) is 6.54 Å². The molecule has 5 heteroatoms. The Morgan fingerprint density at radius 1 is 1.41 bits per heavy atom. The highest BCUT2D eigenvalue weighted by Crippen LogP contribution is 2.32. The highest BCUT2D eigenvalue weighted by molar-refractivity contribution is 7.15. The fraction of sp³-hybridized carbons (Fsp3) is 0.412. The summed E-state index contributed by atoms with van der Waals surface area (Å²) in [6.45, 7) is 5.47. The van der Waals surface area contributed by atoms with Crippen LogP contribution in [-0.2, 0) is 17.8 Å². The summed E-state index contributed by atoms with van der Waals surface area (Å²) in [7, 11) is 0. The molecule has 2 aromatic rings. The number of carboxylic acids is 1. The second-order valence-corrected chi connectivity index (χ2v) is 6.82. The number of aromatic nitrogens is 1. The van der Waals surface area contributed by atoms with Crippen molar-refractivity contribution in [2.45, 2.75) is 39.3 Å². The molecule has 1 aliphatic heterocycles. The second kappa shape index (κ2) is 6.18. The first-order valence-electron chi connectivity index (χ1n) is 7.61. The minimum Gasteiger partial charge on any atom is -0.480 e. The van der Waals surface area contributed by atoms with E-state index in [1.54, 1.807) is 11.3 Å². The van der Waals surface area contributed by atoms with Crippen LogP contribution in [0, 0.1) is 6.92 Å². The van der Waals surface area contributed by atoms with Crippen LogP contribution in [0.4, 0.5) is 0 Å². The maximum absolute atomic E-state index is 11.3. The lowest BCUT2D eigenvalue weighted by molar-refractivity contribution is -0.143. The van der Waals surface area contributed by atoms with Crippen LogP contribution < -0.4 is 0 Å². The summed E-state index contributed by atoms with van der Waals surface area (Å²) in [4.78, 5) is 19.4. The van der Waals surface area contributed by atoms with E-state index in [0.29, 0.717) is 13.0 Å². The molecule has 1 aromatic carbocycles. The van der Waals surface area contributed by atoms with Crippen molar-refractivity contribution in [3.05, 3.63) is 40.4 Å². The highest BCUT2D eigenvalue weighted by Gasteiger charge is 2.29. The predicted octanol–water partition coefficient (Wildman–Crippen LogP) is 3.34. The third-order valence-electron chi connectivity index (χ3n) is 4.17. The molecule has 0 saturated heterocycles. The summed E-state index contributed by atoms with van der Waals surface area (Å²) < 4.78 is 0. The Balaban J connectivity index is 1.84. The van der Waals surface area contributed by atoms with Crippen LogP contribution in [0.25, 0.3) is 10.6 Å². The standard InChI is InChI=1S/C17H20N2O2S/c1-3-14(17(20)21)19-9-8-13-15(10-19)22-16(18-13)12-6-4-11(2)5-7-12/h4-7,14H,3,8-10H2,1-2H3,(H,20,21). The van der Waals surface area contributed by atoms with E-state index in [4.69, 9.17) is 4.98 Å². The van der Waals surface area contributed by atoms with Gasteiger partial charge in [0.1, 0.15) is 11.0 Å². The number of aryl methyl sites for hydroxylation is 1. The minimum atomic E-state index is -0.728. The largest absolute Gasteiger partial charge is 0.480 e. The number of hydrogen-bond donors (Lipinski definition) is 1. The smallest absolute Gasteiger partial charge is 0.320 e. The van der Waals surface area contributed by atoms with Crippen LogP contribution >= 0.6 is 11.3 Å². The van der Waals surface area contributed by atoms with Gasteiger partial charge in [0.15, 0.2) is 0 Å². The molecule has 116 valence electrons. The molecule has 0 bridgehead atoms. The Morgan fingerprint density at radius 3 is 2.77 bits per heavy atom. The van der Waals surface area contributed by atoms with Gasteiger partial charge in [-0.2, -0.15) is 0 Å². The zero-order chi connectivity index (χ0) is 15.7. The SMILES string of the molecule is CCC(C(=O)O)N1CCc2nc(-c3ccc(C)cc3)sc2C1. The number of thiazole rings is 1. The second-order valence-electron chi connectivity index (χ2n) is 5.74. The van der Waals surface area contributed by atoms with Crippen molar-refractivity contribution >= 4 is 17.3 Å². The summed E-state index contributed by atoms with van der Waals surface area (Å²) in [5.74, 6) is -0.728. The van der Waals surface area contributed by atoms with Crippen LogP contribution in [0.1, 0.15) is 29.5 Å². The normalized spacial score (nSPS) is 16.3. The molecule has 0 saturated carbocycles. The maximum atomic E-state index is 11.3. The quantitative estimate of drug-likeness (QED) is 0.940. The summed E-state index contributed by atoms with van der Waals surface area (Å²) in [5.41, 5.74) is 3.52. The Hall–Kier alpha value is -1.72. The van der Waals surface area contributed by atoms with E-state index < -0.39 is 12.0 Å². The van der Waals surface area contributed by atoms with E-state index in [0.717, 1.165) is 29.2 Å². The van der Waals surface area contributed by atoms with Crippen LogP contribution in [0.5, 0.6) is 0 Å². The zero-order valence-corrected chi connectivity index (χ0v) is 13.7. The minimum absolute atomic E-state index is 0.391. The Bertz CT molecular complexity index is 678. The summed E-state index contributed by atoms with van der Waals surface area (Å²) >= 11 is 1.69. The maximum Gasteiger partial charge on any atom is 0.320 e. The summed E-state index contributed by atoms with van der Waals surface area (Å²) in [6, 6.07) is 8.00. The summed E-state index contributed by atoms with van der Waals surface area (Å²) in [6.07, 6.45) is 1.47. The van der Waals surface area contributed by atoms with Crippen LogP contribution in [0.3, 0.4) is 0 Å². The third kappa shape index (κ3) is 2.91. The molecule has 1 N–H and O–H groups in total. The molecule has 3 rings (SSSR count). The van der Waals surface area contributed by atoms with E-state index in [-0.39, 0.29) is 0 Å². The van der Waals surface area contributed by atoms with Gasteiger partial charge in [-0.25, -0.2) is 4.98 Å². The van der Waals surface area contributed by atoms with Gasteiger partial charge >= 0.3 is 5.97 Å². The van der Waals surface area contributed by atoms with Gasteiger partial charge in [-0.3, -0.25) is 9.69 Å². The van der Waals surface area contributed by atoms with Gasteiger partial charge in [0, 0.05) is 30.0 Å². The van der Waals surface area contributed by atoms with Gasteiger partial charge in [0.05, 0.1) is 5.69 Å². The molecule has 1 atom stereocenters.